The molecule has 0 radical (unpaired) electrons. The fourth-order valence-electron chi connectivity index (χ4n) is 6.41. The van der Waals surface area contributed by atoms with Gasteiger partial charge in [-0.3, -0.25) is 9.58 Å². The second kappa shape index (κ2) is 8.01. The number of likely N-dealkylation sites (tertiary alicyclic amines) is 1. The van der Waals surface area contributed by atoms with Crippen LogP contribution in [0.2, 0.25) is 0 Å². The SMILES string of the molecule is COc1cc(CN2CC3(CCO3)C2)ccc1Cn1ncc2nc(N)nc(NCC3CC4(C3)CC4F)c21. The highest BCUT2D eigenvalue weighted by atomic mass is 19.1. The summed E-state index contributed by atoms with van der Waals surface area (Å²) in [5.74, 6) is 2.17. The first kappa shape index (κ1) is 22.2. The van der Waals surface area contributed by atoms with Gasteiger partial charge in [-0.05, 0) is 36.8 Å². The summed E-state index contributed by atoms with van der Waals surface area (Å²) in [7, 11) is 1.70. The zero-order valence-corrected chi connectivity index (χ0v) is 20.5. The maximum atomic E-state index is 13.6. The van der Waals surface area contributed by atoms with Crippen molar-refractivity contribution in [2.24, 2.45) is 11.3 Å². The first-order valence-electron chi connectivity index (χ1n) is 12.8. The number of hydrogen-bond donors (Lipinski definition) is 2. The number of methoxy groups -OCH3 is 1. The maximum absolute atomic E-state index is 13.6. The summed E-state index contributed by atoms with van der Waals surface area (Å²) in [6.45, 7) is 5.06. The maximum Gasteiger partial charge on any atom is 0.222 e. The molecular weight excluding hydrogens is 461 g/mol. The molecule has 4 aliphatic rings. The van der Waals surface area contributed by atoms with E-state index in [0.29, 0.717) is 23.8 Å². The summed E-state index contributed by atoms with van der Waals surface area (Å²) >= 11 is 0. The van der Waals surface area contributed by atoms with Crippen molar-refractivity contribution in [2.45, 2.75) is 50.5 Å². The largest absolute Gasteiger partial charge is 0.496 e. The molecule has 2 spiro atoms. The lowest BCUT2D eigenvalue weighted by Crippen LogP contribution is -2.67. The van der Waals surface area contributed by atoms with Crippen molar-refractivity contribution in [1.82, 2.24) is 24.6 Å². The topological polar surface area (TPSA) is 103 Å². The Morgan fingerprint density at radius 1 is 1.22 bits per heavy atom. The lowest BCUT2D eigenvalue weighted by atomic mass is 9.71. The van der Waals surface area contributed by atoms with Gasteiger partial charge < -0.3 is 20.5 Å². The predicted molar refractivity (Wildman–Crippen MR) is 134 cm³/mol. The summed E-state index contributed by atoms with van der Waals surface area (Å²) in [4.78, 5) is 11.3. The smallest absolute Gasteiger partial charge is 0.222 e. The zero-order valence-electron chi connectivity index (χ0n) is 20.5. The van der Waals surface area contributed by atoms with E-state index < -0.39 is 6.17 Å². The van der Waals surface area contributed by atoms with E-state index in [1.54, 1.807) is 13.3 Å². The van der Waals surface area contributed by atoms with Crippen molar-refractivity contribution < 1.29 is 13.9 Å². The quantitative estimate of drug-likeness (QED) is 0.494. The van der Waals surface area contributed by atoms with Crippen LogP contribution in [0.3, 0.4) is 0 Å². The minimum absolute atomic E-state index is 0.0150. The fourth-order valence-corrected chi connectivity index (χ4v) is 6.41. The van der Waals surface area contributed by atoms with E-state index in [0.717, 1.165) is 68.9 Å². The first-order valence-corrected chi connectivity index (χ1v) is 12.8. The lowest BCUT2D eigenvalue weighted by Gasteiger charge is -2.55. The van der Waals surface area contributed by atoms with Gasteiger partial charge >= 0.3 is 0 Å². The van der Waals surface area contributed by atoms with Gasteiger partial charge in [0.1, 0.15) is 23.0 Å². The molecular formula is C26H32FN7O2. The number of nitrogen functional groups attached to an aromatic ring is 1. The number of halogens is 1. The van der Waals surface area contributed by atoms with E-state index in [1.165, 1.54) is 12.0 Å². The van der Waals surface area contributed by atoms with Crippen molar-refractivity contribution in [3.63, 3.8) is 0 Å². The Morgan fingerprint density at radius 2 is 2.03 bits per heavy atom. The molecule has 9 nitrogen and oxygen atoms in total. The Labute approximate surface area is 209 Å². The summed E-state index contributed by atoms with van der Waals surface area (Å²) in [5, 5.41) is 8.04. The van der Waals surface area contributed by atoms with Crippen molar-refractivity contribution in [3.05, 3.63) is 35.5 Å². The van der Waals surface area contributed by atoms with Crippen molar-refractivity contribution in [2.75, 3.05) is 44.4 Å². The number of ether oxygens (including phenoxy) is 2. The average molecular weight is 494 g/mol. The van der Waals surface area contributed by atoms with Crippen LogP contribution in [-0.4, -0.2) is 69.8 Å². The highest BCUT2D eigenvalue weighted by Crippen LogP contribution is 2.64. The monoisotopic (exact) mass is 493 g/mol. The molecule has 0 amide bonds. The van der Waals surface area contributed by atoms with Gasteiger partial charge in [0, 0.05) is 43.6 Å². The van der Waals surface area contributed by atoms with Crippen LogP contribution < -0.4 is 15.8 Å². The normalized spacial score (nSPS) is 28.1. The van der Waals surface area contributed by atoms with Crippen LogP contribution in [0.5, 0.6) is 5.75 Å². The molecule has 0 bridgehead atoms. The molecule has 4 heterocycles. The number of aromatic nitrogens is 4. The van der Waals surface area contributed by atoms with Gasteiger partial charge in [-0.1, -0.05) is 12.1 Å². The Bertz CT molecular complexity index is 1310. The lowest BCUT2D eigenvalue weighted by molar-refractivity contribution is -0.223. The van der Waals surface area contributed by atoms with Gasteiger partial charge in [-0.25, -0.2) is 9.37 Å². The highest BCUT2D eigenvalue weighted by Gasteiger charge is 2.62. The fraction of sp³-hybridized carbons (Fsp3) is 0.577. The molecule has 3 aromatic rings. The number of anilines is 2. The molecule has 1 atom stereocenters. The molecule has 190 valence electrons. The van der Waals surface area contributed by atoms with Crippen LogP contribution in [-0.2, 0) is 17.8 Å². The predicted octanol–water partition coefficient (Wildman–Crippen LogP) is 2.99. The van der Waals surface area contributed by atoms with Gasteiger partial charge in [-0.15, -0.1) is 0 Å². The molecule has 3 N–H and O–H groups in total. The Morgan fingerprint density at radius 3 is 2.72 bits per heavy atom. The van der Waals surface area contributed by atoms with Crippen LogP contribution in [0.25, 0.3) is 11.0 Å². The van der Waals surface area contributed by atoms with E-state index in [2.05, 4.69) is 43.5 Å². The van der Waals surface area contributed by atoms with E-state index >= 15 is 0 Å². The third-order valence-electron chi connectivity index (χ3n) is 8.61. The summed E-state index contributed by atoms with van der Waals surface area (Å²) in [6, 6.07) is 6.38. The minimum Gasteiger partial charge on any atom is -0.496 e. The van der Waals surface area contributed by atoms with E-state index in [9.17, 15) is 4.39 Å². The Kier molecular flexibility index (Phi) is 4.95. The average Bonchev–Trinajstić information content (AvgIpc) is 3.30. The van der Waals surface area contributed by atoms with Gasteiger partial charge in [0.2, 0.25) is 5.95 Å². The van der Waals surface area contributed by atoms with Crippen LogP contribution in [0.4, 0.5) is 16.2 Å². The second-order valence-electron chi connectivity index (χ2n) is 11.2. The van der Waals surface area contributed by atoms with Crippen LogP contribution in [0.1, 0.15) is 36.8 Å². The Hall–Kier alpha value is -2.98. The van der Waals surface area contributed by atoms with E-state index in [-0.39, 0.29) is 17.0 Å². The number of benzene rings is 1. The van der Waals surface area contributed by atoms with Gasteiger partial charge in [0.05, 0.1) is 32.1 Å². The number of hydrogen-bond acceptors (Lipinski definition) is 8. The summed E-state index contributed by atoms with van der Waals surface area (Å²) < 4.78 is 26.9. The summed E-state index contributed by atoms with van der Waals surface area (Å²) in [6.07, 6.45) is 4.91. The number of alkyl halides is 1. The van der Waals surface area contributed by atoms with Crippen molar-refractivity contribution in [1.29, 1.82) is 0 Å². The molecule has 4 fully saturated rings. The number of rotatable bonds is 8. The van der Waals surface area contributed by atoms with Crippen LogP contribution in [0.15, 0.2) is 24.4 Å². The number of nitrogens with two attached hydrogens (primary N) is 1. The third kappa shape index (κ3) is 3.69. The molecule has 1 unspecified atom stereocenters. The number of fused-ring (bicyclic) bond motifs is 1. The molecule has 36 heavy (non-hydrogen) atoms. The number of nitrogens with zero attached hydrogens (tertiary/aromatic N) is 5. The number of nitrogens with one attached hydrogen (secondary N) is 1. The van der Waals surface area contributed by atoms with Crippen molar-refractivity contribution >= 4 is 22.8 Å². The van der Waals surface area contributed by atoms with Gasteiger partial charge in [-0.2, -0.15) is 10.1 Å². The van der Waals surface area contributed by atoms with E-state index in [4.69, 9.17) is 15.2 Å². The molecule has 1 aromatic carbocycles. The van der Waals surface area contributed by atoms with Gasteiger partial charge in [0.15, 0.2) is 5.82 Å². The van der Waals surface area contributed by atoms with Gasteiger partial charge in [0.25, 0.3) is 0 Å². The minimum atomic E-state index is -0.600. The molecule has 2 aliphatic heterocycles. The standard InChI is InChI=1S/C26H32FN7O2/c1-35-20-6-16(12-33-14-26(15-33)4-5-36-26)2-3-18(20)13-34-22-19(11-30-34)31-24(28)32-23(22)29-10-17-7-25(8-17)9-21(25)27/h2-3,6,11,17,21H,4-5,7-10,12-15H2,1H3,(H3,28,29,31,32). The molecule has 10 heteroatoms. The zero-order chi connectivity index (χ0) is 24.5. The molecule has 2 aromatic heterocycles. The molecule has 2 aliphatic carbocycles. The molecule has 2 saturated carbocycles. The third-order valence-corrected chi connectivity index (χ3v) is 8.61. The highest BCUT2D eigenvalue weighted by molar-refractivity contribution is 5.86. The summed E-state index contributed by atoms with van der Waals surface area (Å²) in [5.41, 5.74) is 9.85. The Balaban J connectivity index is 1.07. The van der Waals surface area contributed by atoms with Crippen molar-refractivity contribution in [3.8, 4) is 5.75 Å². The molecule has 7 rings (SSSR count). The second-order valence-corrected chi connectivity index (χ2v) is 11.2. The molecule has 2 saturated heterocycles. The first-order chi connectivity index (χ1) is 17.4. The van der Waals surface area contributed by atoms with Crippen LogP contribution >= 0.6 is 0 Å². The van der Waals surface area contributed by atoms with E-state index in [1.807, 2.05) is 4.68 Å². The van der Waals surface area contributed by atoms with Crippen LogP contribution in [0, 0.1) is 11.3 Å².